The maximum absolute atomic E-state index is 12.1. The molecule has 0 aromatic heterocycles. The maximum atomic E-state index is 12.1. The summed E-state index contributed by atoms with van der Waals surface area (Å²) in [5, 5.41) is 7.47. The minimum Gasteiger partial charge on any atom is -0.497 e. The molecule has 0 radical (unpaired) electrons. The summed E-state index contributed by atoms with van der Waals surface area (Å²) in [6.07, 6.45) is 0. The second-order valence-electron chi connectivity index (χ2n) is 5.04. The van der Waals surface area contributed by atoms with Gasteiger partial charge in [-0.3, -0.25) is 4.79 Å². The van der Waals surface area contributed by atoms with E-state index < -0.39 is 28.5 Å². The van der Waals surface area contributed by atoms with Gasteiger partial charge in [-0.05, 0) is 58.4 Å². The van der Waals surface area contributed by atoms with Crippen LogP contribution in [0.5, 0.6) is 5.75 Å². The number of hydrogen-bond acceptors (Lipinski definition) is 6. The number of hydrogen-bond donors (Lipinski definition) is 2. The van der Waals surface area contributed by atoms with Crippen molar-refractivity contribution in [2.24, 2.45) is 5.14 Å². The molecular weight excluding hydrogens is 428 g/mol. The van der Waals surface area contributed by atoms with Gasteiger partial charge in [-0.2, -0.15) is 0 Å². The lowest BCUT2D eigenvalue weighted by Crippen LogP contribution is -2.21. The van der Waals surface area contributed by atoms with Crippen molar-refractivity contribution in [2.75, 3.05) is 19.0 Å². The average molecular weight is 443 g/mol. The molecule has 1 amide bonds. The Balaban J connectivity index is 1.95. The van der Waals surface area contributed by atoms with Crippen LogP contribution in [0.3, 0.4) is 0 Å². The zero-order valence-corrected chi connectivity index (χ0v) is 16.0. The van der Waals surface area contributed by atoms with Crippen LogP contribution in [0.1, 0.15) is 10.4 Å². The second-order valence-corrected chi connectivity index (χ2v) is 7.46. The highest BCUT2D eigenvalue weighted by molar-refractivity contribution is 9.10. The number of esters is 1. The van der Waals surface area contributed by atoms with E-state index in [4.69, 9.17) is 14.6 Å². The number of rotatable bonds is 6. The van der Waals surface area contributed by atoms with Gasteiger partial charge in [-0.1, -0.05) is 0 Å². The van der Waals surface area contributed by atoms with Gasteiger partial charge >= 0.3 is 5.97 Å². The monoisotopic (exact) mass is 442 g/mol. The predicted octanol–water partition coefficient (Wildman–Crippen LogP) is 1.90. The van der Waals surface area contributed by atoms with E-state index in [0.717, 1.165) is 0 Å². The summed E-state index contributed by atoms with van der Waals surface area (Å²) in [4.78, 5) is 23.9. The highest BCUT2D eigenvalue weighted by atomic mass is 79.9. The Morgan fingerprint density at radius 2 is 1.81 bits per heavy atom. The normalized spacial score (nSPS) is 10.9. The molecule has 0 aliphatic rings. The Kier molecular flexibility index (Phi) is 6.35. The molecule has 26 heavy (non-hydrogen) atoms. The molecule has 0 fully saturated rings. The molecule has 0 saturated heterocycles. The van der Waals surface area contributed by atoms with Crippen LogP contribution in [0.15, 0.2) is 51.8 Å². The predicted molar refractivity (Wildman–Crippen MR) is 97.4 cm³/mol. The van der Waals surface area contributed by atoms with Crippen LogP contribution in [-0.2, 0) is 19.6 Å². The number of halogens is 1. The largest absolute Gasteiger partial charge is 0.497 e. The average Bonchev–Trinajstić information content (AvgIpc) is 2.60. The summed E-state index contributed by atoms with van der Waals surface area (Å²) < 4.78 is 32.9. The van der Waals surface area contributed by atoms with Crippen molar-refractivity contribution in [2.45, 2.75) is 4.90 Å². The first-order chi connectivity index (χ1) is 12.2. The van der Waals surface area contributed by atoms with E-state index in [1.54, 1.807) is 12.1 Å². The van der Waals surface area contributed by atoms with Gasteiger partial charge in [0.15, 0.2) is 6.61 Å². The summed E-state index contributed by atoms with van der Waals surface area (Å²) in [5.41, 5.74) is 0.552. The molecule has 2 aromatic rings. The van der Waals surface area contributed by atoms with E-state index in [0.29, 0.717) is 15.9 Å². The molecule has 2 rings (SSSR count). The van der Waals surface area contributed by atoms with Gasteiger partial charge in [0.2, 0.25) is 10.0 Å². The van der Waals surface area contributed by atoms with Crippen LogP contribution in [0.4, 0.5) is 5.69 Å². The first-order valence-electron chi connectivity index (χ1n) is 7.14. The van der Waals surface area contributed by atoms with Crippen molar-refractivity contribution >= 4 is 43.5 Å². The first-order valence-corrected chi connectivity index (χ1v) is 9.48. The molecule has 0 saturated carbocycles. The summed E-state index contributed by atoms with van der Waals surface area (Å²) >= 11 is 3.23. The minimum atomic E-state index is -3.81. The van der Waals surface area contributed by atoms with E-state index in [-0.39, 0.29) is 10.5 Å². The molecule has 0 aliphatic heterocycles. The third-order valence-electron chi connectivity index (χ3n) is 3.19. The Bertz CT molecular complexity index is 928. The number of amides is 1. The number of carbonyl (C=O) groups excluding carboxylic acids is 2. The SMILES string of the molecule is COc1ccc(Br)c(C(=O)OCC(=O)Nc2ccc(S(N)(=O)=O)cc2)c1. The highest BCUT2D eigenvalue weighted by Crippen LogP contribution is 2.23. The lowest BCUT2D eigenvalue weighted by molar-refractivity contribution is -0.119. The number of carbonyl (C=O) groups is 2. The Morgan fingerprint density at radius 3 is 2.38 bits per heavy atom. The molecule has 8 nitrogen and oxygen atoms in total. The highest BCUT2D eigenvalue weighted by Gasteiger charge is 2.15. The molecule has 0 atom stereocenters. The van der Waals surface area contributed by atoms with Gasteiger partial charge in [-0.25, -0.2) is 18.4 Å². The number of benzene rings is 2. The zero-order valence-electron chi connectivity index (χ0n) is 13.6. The number of sulfonamides is 1. The van der Waals surface area contributed by atoms with E-state index in [9.17, 15) is 18.0 Å². The van der Waals surface area contributed by atoms with Gasteiger partial charge in [0.1, 0.15) is 5.75 Å². The van der Waals surface area contributed by atoms with Crippen LogP contribution in [-0.4, -0.2) is 34.0 Å². The molecule has 138 valence electrons. The van der Waals surface area contributed by atoms with Gasteiger partial charge in [-0.15, -0.1) is 0 Å². The fourth-order valence-corrected chi connectivity index (χ4v) is 2.85. The molecule has 0 unspecified atom stereocenters. The van der Waals surface area contributed by atoms with Crippen molar-refractivity contribution in [3.8, 4) is 5.75 Å². The van der Waals surface area contributed by atoms with Crippen molar-refractivity contribution < 1.29 is 27.5 Å². The lowest BCUT2D eigenvalue weighted by Gasteiger charge is -2.09. The summed E-state index contributed by atoms with van der Waals surface area (Å²) in [6.45, 7) is -0.514. The minimum absolute atomic E-state index is 0.0789. The molecule has 0 heterocycles. The fourth-order valence-electron chi connectivity index (χ4n) is 1.92. The van der Waals surface area contributed by atoms with E-state index in [2.05, 4.69) is 21.2 Å². The summed E-state index contributed by atoms with van der Waals surface area (Å²) in [6, 6.07) is 10.0. The van der Waals surface area contributed by atoms with E-state index in [1.165, 1.54) is 37.4 Å². The fraction of sp³-hybridized carbons (Fsp3) is 0.125. The van der Waals surface area contributed by atoms with Crippen LogP contribution < -0.4 is 15.2 Å². The Morgan fingerprint density at radius 1 is 1.15 bits per heavy atom. The Labute approximate surface area is 158 Å². The second kappa shape index (κ2) is 8.30. The van der Waals surface area contributed by atoms with Crippen LogP contribution in [0.2, 0.25) is 0 Å². The first kappa shape index (κ1) is 19.9. The van der Waals surface area contributed by atoms with Crippen LogP contribution in [0.25, 0.3) is 0 Å². The third-order valence-corrected chi connectivity index (χ3v) is 4.82. The van der Waals surface area contributed by atoms with E-state index >= 15 is 0 Å². The topological polar surface area (TPSA) is 125 Å². The van der Waals surface area contributed by atoms with Crippen LogP contribution in [0, 0.1) is 0 Å². The standard InChI is InChI=1S/C16H15BrN2O6S/c1-24-11-4-7-14(17)13(8-11)16(21)25-9-15(20)19-10-2-5-12(6-3-10)26(18,22)23/h2-8H,9H2,1H3,(H,19,20)(H2,18,22,23). The number of methoxy groups -OCH3 is 1. The maximum Gasteiger partial charge on any atom is 0.339 e. The molecule has 0 bridgehead atoms. The van der Waals surface area contributed by atoms with E-state index in [1.807, 2.05) is 0 Å². The molecule has 10 heteroatoms. The van der Waals surface area contributed by atoms with Gasteiger partial charge in [0, 0.05) is 10.2 Å². The lowest BCUT2D eigenvalue weighted by atomic mass is 10.2. The number of ether oxygens (including phenoxy) is 2. The number of nitrogens with one attached hydrogen (secondary N) is 1. The number of nitrogens with two attached hydrogens (primary N) is 1. The van der Waals surface area contributed by atoms with Crippen molar-refractivity contribution in [1.82, 2.24) is 0 Å². The molecule has 0 aliphatic carbocycles. The quantitative estimate of drug-likeness (QED) is 0.658. The molecule has 3 N–H and O–H groups in total. The van der Waals surface area contributed by atoms with Crippen LogP contribution >= 0.6 is 15.9 Å². The summed E-state index contributed by atoms with van der Waals surface area (Å²) in [7, 11) is -2.34. The van der Waals surface area contributed by atoms with Crippen molar-refractivity contribution in [3.63, 3.8) is 0 Å². The van der Waals surface area contributed by atoms with Gasteiger partial charge in [0.25, 0.3) is 5.91 Å². The molecule has 2 aromatic carbocycles. The Hall–Kier alpha value is -2.43. The molecular formula is C16H15BrN2O6S. The third kappa shape index (κ3) is 5.28. The number of primary sulfonamides is 1. The molecule has 0 spiro atoms. The zero-order chi connectivity index (χ0) is 19.3. The van der Waals surface area contributed by atoms with Crippen molar-refractivity contribution in [1.29, 1.82) is 0 Å². The van der Waals surface area contributed by atoms with Gasteiger partial charge in [0.05, 0.1) is 17.6 Å². The van der Waals surface area contributed by atoms with Gasteiger partial charge < -0.3 is 14.8 Å². The summed E-state index contributed by atoms with van der Waals surface area (Å²) in [5.74, 6) is -0.809. The van der Waals surface area contributed by atoms with Crippen molar-refractivity contribution in [3.05, 3.63) is 52.5 Å². The smallest absolute Gasteiger partial charge is 0.339 e. The number of anilines is 1.